The second kappa shape index (κ2) is 14.7. The quantitative estimate of drug-likeness (QED) is 0.278. The van der Waals surface area contributed by atoms with Gasteiger partial charge in [0, 0.05) is 12.8 Å². The van der Waals surface area contributed by atoms with E-state index in [4.69, 9.17) is 4.74 Å². The van der Waals surface area contributed by atoms with Crippen molar-refractivity contribution in [1.82, 2.24) is 0 Å². The molecule has 0 heterocycles. The predicted octanol–water partition coefficient (Wildman–Crippen LogP) is 6.90. The van der Waals surface area contributed by atoms with Gasteiger partial charge in [0.15, 0.2) is 0 Å². The third-order valence-electron chi connectivity index (χ3n) is 5.18. The molecule has 2 heteroatoms. The van der Waals surface area contributed by atoms with Crippen LogP contribution in [-0.2, 0) is 11.3 Å². The van der Waals surface area contributed by atoms with E-state index in [1.54, 1.807) is 0 Å². The van der Waals surface area contributed by atoms with Crippen LogP contribution in [0.3, 0.4) is 0 Å². The normalized spacial score (nSPS) is 15.3. The number of unbranched alkanes of at least 4 members (excludes halogenated alkanes) is 5. The molecule has 3 atom stereocenters. The van der Waals surface area contributed by atoms with Gasteiger partial charge in [-0.15, -0.1) is 5.92 Å². The van der Waals surface area contributed by atoms with Crippen molar-refractivity contribution in [3.05, 3.63) is 35.9 Å². The second-order valence-corrected chi connectivity index (χ2v) is 8.49. The molecule has 0 spiro atoms. The molecular formula is C26H42O2. The predicted molar refractivity (Wildman–Crippen MR) is 120 cm³/mol. The summed E-state index contributed by atoms with van der Waals surface area (Å²) >= 11 is 0. The first-order chi connectivity index (χ1) is 13.5. The molecule has 0 fully saturated rings. The van der Waals surface area contributed by atoms with Gasteiger partial charge in [-0.2, -0.15) is 0 Å². The van der Waals surface area contributed by atoms with E-state index in [2.05, 4.69) is 44.7 Å². The molecule has 0 aliphatic heterocycles. The Labute approximate surface area is 174 Å². The molecule has 0 bridgehead atoms. The zero-order valence-corrected chi connectivity index (χ0v) is 18.7. The summed E-state index contributed by atoms with van der Waals surface area (Å²) in [5, 5.41) is 10.8. The van der Waals surface area contributed by atoms with E-state index in [0.717, 1.165) is 25.7 Å². The van der Waals surface area contributed by atoms with Gasteiger partial charge in [0.25, 0.3) is 0 Å². The van der Waals surface area contributed by atoms with Gasteiger partial charge in [-0.05, 0) is 31.2 Å². The van der Waals surface area contributed by atoms with Gasteiger partial charge in [-0.3, -0.25) is 0 Å². The van der Waals surface area contributed by atoms with Crippen LogP contribution in [0.1, 0.15) is 97.5 Å². The van der Waals surface area contributed by atoms with Crippen molar-refractivity contribution >= 4 is 0 Å². The van der Waals surface area contributed by atoms with Crippen LogP contribution < -0.4 is 0 Å². The molecule has 0 aliphatic carbocycles. The molecule has 0 amide bonds. The number of hydrogen-bond acceptors (Lipinski definition) is 2. The second-order valence-electron chi connectivity index (χ2n) is 8.49. The van der Waals surface area contributed by atoms with E-state index in [1.807, 2.05) is 25.1 Å². The molecular weight excluding hydrogens is 344 g/mol. The molecule has 158 valence electrons. The molecule has 0 radical (unpaired) electrons. The van der Waals surface area contributed by atoms with Crippen LogP contribution in [0.2, 0.25) is 0 Å². The highest BCUT2D eigenvalue weighted by Gasteiger charge is 2.25. The number of aliphatic hydroxyl groups is 1. The molecule has 1 aromatic rings. The summed E-state index contributed by atoms with van der Waals surface area (Å²) in [6.07, 6.45) is 11.1. The van der Waals surface area contributed by atoms with Gasteiger partial charge in [0.2, 0.25) is 0 Å². The minimum atomic E-state index is -0.989. The average molecular weight is 387 g/mol. The summed E-state index contributed by atoms with van der Waals surface area (Å²) in [4.78, 5) is 0. The maximum absolute atomic E-state index is 10.8. The molecule has 1 unspecified atom stereocenters. The Morgan fingerprint density at radius 1 is 1.04 bits per heavy atom. The smallest absolute Gasteiger partial charge is 0.125 e. The van der Waals surface area contributed by atoms with Crippen LogP contribution >= 0.6 is 0 Å². The number of ether oxygens (including phenoxy) is 1. The highest BCUT2D eigenvalue weighted by atomic mass is 16.5. The number of hydrogen-bond donors (Lipinski definition) is 1. The zero-order chi connectivity index (χ0) is 20.7. The summed E-state index contributed by atoms with van der Waals surface area (Å²) < 4.78 is 6.26. The van der Waals surface area contributed by atoms with Crippen LogP contribution in [0.5, 0.6) is 0 Å². The summed E-state index contributed by atoms with van der Waals surface area (Å²) in [5.74, 6) is 6.83. The summed E-state index contributed by atoms with van der Waals surface area (Å²) in [6.45, 7) is 9.15. The Hall–Kier alpha value is -1.30. The van der Waals surface area contributed by atoms with Crippen molar-refractivity contribution in [2.75, 3.05) is 0 Å². The maximum Gasteiger partial charge on any atom is 0.125 e. The van der Waals surface area contributed by atoms with Gasteiger partial charge in [0.1, 0.15) is 5.60 Å². The van der Waals surface area contributed by atoms with Crippen LogP contribution in [0.25, 0.3) is 0 Å². The first-order valence-electron chi connectivity index (χ1n) is 11.3. The van der Waals surface area contributed by atoms with E-state index in [1.165, 1.54) is 37.7 Å². The fourth-order valence-corrected chi connectivity index (χ4v) is 3.50. The number of benzene rings is 1. The van der Waals surface area contributed by atoms with Crippen molar-refractivity contribution in [3.63, 3.8) is 0 Å². The minimum absolute atomic E-state index is 0.0249. The van der Waals surface area contributed by atoms with Crippen LogP contribution in [-0.4, -0.2) is 16.8 Å². The van der Waals surface area contributed by atoms with Crippen LogP contribution in [0.4, 0.5) is 0 Å². The highest BCUT2D eigenvalue weighted by Crippen LogP contribution is 2.24. The Morgan fingerprint density at radius 3 is 2.43 bits per heavy atom. The van der Waals surface area contributed by atoms with Crippen molar-refractivity contribution in [2.24, 2.45) is 5.92 Å². The third-order valence-corrected chi connectivity index (χ3v) is 5.18. The molecule has 0 saturated carbocycles. The lowest BCUT2D eigenvalue weighted by atomic mass is 9.90. The van der Waals surface area contributed by atoms with Crippen molar-refractivity contribution in [3.8, 4) is 11.8 Å². The van der Waals surface area contributed by atoms with E-state index in [0.29, 0.717) is 18.9 Å². The summed E-state index contributed by atoms with van der Waals surface area (Å²) in [5.41, 5.74) is 0.189. The molecule has 1 aromatic carbocycles. The van der Waals surface area contributed by atoms with Crippen molar-refractivity contribution < 1.29 is 9.84 Å². The van der Waals surface area contributed by atoms with E-state index in [-0.39, 0.29) is 6.10 Å². The monoisotopic (exact) mass is 386 g/mol. The van der Waals surface area contributed by atoms with Crippen LogP contribution in [0.15, 0.2) is 30.3 Å². The maximum atomic E-state index is 10.8. The average Bonchev–Trinajstić information content (AvgIpc) is 2.67. The van der Waals surface area contributed by atoms with Gasteiger partial charge >= 0.3 is 0 Å². The van der Waals surface area contributed by atoms with E-state index < -0.39 is 5.60 Å². The minimum Gasteiger partial charge on any atom is -0.378 e. The largest absolute Gasteiger partial charge is 0.378 e. The van der Waals surface area contributed by atoms with Crippen LogP contribution in [0, 0.1) is 17.8 Å². The Bertz CT molecular complexity index is 553. The van der Waals surface area contributed by atoms with Crippen molar-refractivity contribution in [1.29, 1.82) is 0 Å². The molecule has 0 saturated heterocycles. The molecule has 1 rings (SSSR count). The van der Waals surface area contributed by atoms with Gasteiger partial charge < -0.3 is 9.84 Å². The lowest BCUT2D eigenvalue weighted by molar-refractivity contribution is -0.0231. The number of rotatable bonds is 14. The SMILES string of the molecule is CCCCC#CC(C)(O)C[C@@H](C[C@@H](C)CCCCCC)OCc1ccccc1. The first kappa shape index (κ1) is 24.7. The molecule has 0 aromatic heterocycles. The fraction of sp³-hybridized carbons (Fsp3) is 0.692. The lowest BCUT2D eigenvalue weighted by Crippen LogP contribution is -2.31. The van der Waals surface area contributed by atoms with Gasteiger partial charge in [-0.1, -0.05) is 95.5 Å². The zero-order valence-electron chi connectivity index (χ0n) is 18.7. The highest BCUT2D eigenvalue weighted by molar-refractivity contribution is 5.14. The Kier molecular flexibility index (Phi) is 13.0. The first-order valence-corrected chi connectivity index (χ1v) is 11.3. The molecule has 0 aliphatic rings. The van der Waals surface area contributed by atoms with E-state index >= 15 is 0 Å². The topological polar surface area (TPSA) is 29.5 Å². The fourth-order valence-electron chi connectivity index (χ4n) is 3.50. The summed E-state index contributed by atoms with van der Waals surface area (Å²) in [7, 11) is 0. The van der Waals surface area contributed by atoms with Gasteiger partial charge in [-0.25, -0.2) is 0 Å². The molecule has 1 N–H and O–H groups in total. The summed E-state index contributed by atoms with van der Waals surface area (Å²) in [6, 6.07) is 10.3. The standard InChI is InChI=1S/C26H42O2/c1-5-7-9-12-16-23(3)20-25(28-22-24-17-13-11-14-18-24)21-26(4,27)19-15-10-8-6-2/h11,13-14,17-18,23,25,27H,5-10,12,16,20-22H2,1-4H3/t23-,25+,26?/m0/s1. The molecule has 2 nitrogen and oxygen atoms in total. The van der Waals surface area contributed by atoms with Gasteiger partial charge in [0.05, 0.1) is 12.7 Å². The molecule has 28 heavy (non-hydrogen) atoms. The third kappa shape index (κ3) is 12.2. The Morgan fingerprint density at radius 2 is 1.75 bits per heavy atom. The van der Waals surface area contributed by atoms with E-state index in [9.17, 15) is 5.11 Å². The van der Waals surface area contributed by atoms with Crippen molar-refractivity contribution in [2.45, 2.75) is 110 Å². The lowest BCUT2D eigenvalue weighted by Gasteiger charge is -2.27. The Balaban J connectivity index is 2.63.